The Bertz CT molecular complexity index is 222. The van der Waals surface area contributed by atoms with Gasteiger partial charge in [-0.3, -0.25) is 4.79 Å². The van der Waals surface area contributed by atoms with Crippen molar-refractivity contribution in [3.8, 4) is 0 Å². The van der Waals surface area contributed by atoms with Gasteiger partial charge in [0.1, 0.15) is 0 Å². The van der Waals surface area contributed by atoms with E-state index in [-0.39, 0.29) is 0 Å². The van der Waals surface area contributed by atoms with Gasteiger partial charge in [0.2, 0.25) is 0 Å². The molecule has 0 saturated heterocycles. The third-order valence-electron chi connectivity index (χ3n) is 4.04. The van der Waals surface area contributed by atoms with Crippen LogP contribution >= 0.6 is 0 Å². The molecule has 0 aromatic heterocycles. The molecule has 100 valence electrons. The number of nitrogens with zero attached hydrogens (tertiary/aromatic N) is 1. The number of carboxylic acid groups (broad SMARTS) is 1. The van der Waals surface area contributed by atoms with E-state index in [1.165, 1.54) is 38.5 Å². The molecule has 0 aromatic carbocycles. The predicted molar refractivity (Wildman–Crippen MR) is 70.2 cm³/mol. The molecule has 0 spiro atoms. The van der Waals surface area contributed by atoms with Gasteiger partial charge in [0, 0.05) is 12.5 Å². The Morgan fingerprint density at radius 2 is 1.94 bits per heavy atom. The number of rotatable bonds is 7. The van der Waals surface area contributed by atoms with Crippen LogP contribution in [0.25, 0.3) is 0 Å². The molecular formula is C14H27NO2. The second kappa shape index (κ2) is 7.70. The van der Waals surface area contributed by atoms with Crippen molar-refractivity contribution in [3.63, 3.8) is 0 Å². The first kappa shape index (κ1) is 14.5. The first-order chi connectivity index (χ1) is 8.13. The van der Waals surface area contributed by atoms with E-state index < -0.39 is 5.97 Å². The van der Waals surface area contributed by atoms with Gasteiger partial charge in [-0.2, -0.15) is 0 Å². The van der Waals surface area contributed by atoms with E-state index in [1.807, 2.05) is 0 Å². The van der Waals surface area contributed by atoms with Gasteiger partial charge in [-0.15, -0.1) is 0 Å². The van der Waals surface area contributed by atoms with Crippen molar-refractivity contribution in [2.24, 2.45) is 5.92 Å². The summed E-state index contributed by atoms with van der Waals surface area (Å²) in [5.41, 5.74) is 0. The number of hydrogen-bond donors (Lipinski definition) is 1. The standard InChI is InChI=1S/C14H27NO2/c1-3-5-12-7-9-13(10-8-12)15(2)11-4-6-14(16)17/h12-13H,3-11H2,1-2H3,(H,16,17). The van der Waals surface area contributed by atoms with Crippen LogP contribution in [0.5, 0.6) is 0 Å². The van der Waals surface area contributed by atoms with E-state index in [2.05, 4.69) is 18.9 Å². The summed E-state index contributed by atoms with van der Waals surface area (Å²) in [6, 6.07) is 0.692. The highest BCUT2D eigenvalue weighted by atomic mass is 16.4. The fourth-order valence-electron chi connectivity index (χ4n) is 2.94. The molecule has 1 saturated carbocycles. The molecule has 1 aliphatic rings. The molecule has 1 fully saturated rings. The van der Waals surface area contributed by atoms with Gasteiger partial charge in [0.15, 0.2) is 0 Å². The zero-order valence-electron chi connectivity index (χ0n) is 11.3. The summed E-state index contributed by atoms with van der Waals surface area (Å²) < 4.78 is 0. The minimum Gasteiger partial charge on any atom is -0.481 e. The lowest BCUT2D eigenvalue weighted by atomic mass is 9.83. The molecule has 0 unspecified atom stereocenters. The van der Waals surface area contributed by atoms with Crippen LogP contribution in [-0.2, 0) is 4.79 Å². The normalized spacial score (nSPS) is 25.1. The molecule has 0 aliphatic heterocycles. The first-order valence-corrected chi connectivity index (χ1v) is 7.05. The van der Waals surface area contributed by atoms with Crippen LogP contribution in [0.1, 0.15) is 58.3 Å². The minimum absolute atomic E-state index is 0.301. The predicted octanol–water partition coefficient (Wildman–Crippen LogP) is 3.14. The molecule has 1 rings (SSSR count). The van der Waals surface area contributed by atoms with Crippen LogP contribution < -0.4 is 0 Å². The van der Waals surface area contributed by atoms with Crippen molar-refractivity contribution >= 4 is 5.97 Å². The SMILES string of the molecule is CCCC1CCC(N(C)CCCC(=O)O)CC1. The van der Waals surface area contributed by atoms with Gasteiger partial charge in [-0.1, -0.05) is 19.8 Å². The fraction of sp³-hybridized carbons (Fsp3) is 0.929. The Labute approximate surface area is 105 Å². The quantitative estimate of drug-likeness (QED) is 0.744. The zero-order valence-corrected chi connectivity index (χ0v) is 11.3. The Morgan fingerprint density at radius 3 is 2.47 bits per heavy atom. The number of hydrogen-bond acceptors (Lipinski definition) is 2. The third kappa shape index (κ3) is 5.53. The van der Waals surface area contributed by atoms with Gasteiger partial charge in [-0.25, -0.2) is 0 Å². The average molecular weight is 241 g/mol. The van der Waals surface area contributed by atoms with E-state index >= 15 is 0 Å². The van der Waals surface area contributed by atoms with Crippen molar-refractivity contribution in [1.29, 1.82) is 0 Å². The highest BCUT2D eigenvalue weighted by Gasteiger charge is 2.23. The Balaban J connectivity index is 2.16. The molecule has 0 bridgehead atoms. The molecular weight excluding hydrogens is 214 g/mol. The van der Waals surface area contributed by atoms with E-state index in [4.69, 9.17) is 5.11 Å². The summed E-state index contributed by atoms with van der Waals surface area (Å²) in [6.45, 7) is 3.19. The first-order valence-electron chi connectivity index (χ1n) is 7.05. The van der Waals surface area contributed by atoms with E-state index in [1.54, 1.807) is 0 Å². The molecule has 0 atom stereocenters. The smallest absolute Gasteiger partial charge is 0.303 e. The Kier molecular flexibility index (Phi) is 6.56. The van der Waals surface area contributed by atoms with Crippen LogP contribution in [-0.4, -0.2) is 35.6 Å². The highest BCUT2D eigenvalue weighted by molar-refractivity contribution is 5.66. The number of carbonyl (C=O) groups is 1. The summed E-state index contributed by atoms with van der Waals surface area (Å²) in [5.74, 6) is 0.272. The van der Waals surface area contributed by atoms with Gasteiger partial charge in [-0.05, 0) is 51.6 Å². The average Bonchev–Trinajstić information content (AvgIpc) is 2.30. The van der Waals surface area contributed by atoms with Crippen molar-refractivity contribution < 1.29 is 9.90 Å². The molecule has 0 heterocycles. The summed E-state index contributed by atoms with van der Waals surface area (Å²) in [4.78, 5) is 12.8. The minimum atomic E-state index is -0.676. The largest absolute Gasteiger partial charge is 0.481 e. The Morgan fingerprint density at radius 1 is 1.29 bits per heavy atom. The fourth-order valence-corrected chi connectivity index (χ4v) is 2.94. The molecule has 17 heavy (non-hydrogen) atoms. The lowest BCUT2D eigenvalue weighted by Gasteiger charge is -2.34. The van der Waals surface area contributed by atoms with Gasteiger partial charge >= 0.3 is 5.97 Å². The summed E-state index contributed by atoms with van der Waals surface area (Å²) in [7, 11) is 2.15. The van der Waals surface area contributed by atoms with Crippen LogP contribution in [0.2, 0.25) is 0 Å². The molecule has 0 radical (unpaired) electrons. The van der Waals surface area contributed by atoms with E-state index in [0.29, 0.717) is 12.5 Å². The molecule has 3 heteroatoms. The maximum Gasteiger partial charge on any atom is 0.303 e. The maximum absolute atomic E-state index is 10.5. The van der Waals surface area contributed by atoms with Crippen LogP contribution in [0.3, 0.4) is 0 Å². The van der Waals surface area contributed by atoms with Gasteiger partial charge in [0.05, 0.1) is 0 Å². The van der Waals surface area contributed by atoms with Gasteiger partial charge < -0.3 is 10.0 Å². The van der Waals surface area contributed by atoms with Crippen molar-refractivity contribution in [2.75, 3.05) is 13.6 Å². The molecule has 0 aromatic rings. The van der Waals surface area contributed by atoms with Crippen LogP contribution in [0, 0.1) is 5.92 Å². The van der Waals surface area contributed by atoms with Crippen LogP contribution in [0.4, 0.5) is 0 Å². The number of aliphatic carboxylic acids is 1. The summed E-state index contributed by atoms with van der Waals surface area (Å²) >= 11 is 0. The molecule has 1 aliphatic carbocycles. The van der Waals surface area contributed by atoms with E-state index in [9.17, 15) is 4.79 Å². The molecule has 3 nitrogen and oxygen atoms in total. The maximum atomic E-state index is 10.5. The molecule has 0 amide bonds. The lowest BCUT2D eigenvalue weighted by molar-refractivity contribution is -0.137. The Hall–Kier alpha value is -0.570. The summed E-state index contributed by atoms with van der Waals surface area (Å²) in [6.07, 6.45) is 9.10. The summed E-state index contributed by atoms with van der Waals surface area (Å²) in [5, 5.41) is 8.61. The highest BCUT2D eigenvalue weighted by Crippen LogP contribution is 2.29. The monoisotopic (exact) mass is 241 g/mol. The van der Waals surface area contributed by atoms with Crippen molar-refractivity contribution in [2.45, 2.75) is 64.3 Å². The third-order valence-corrected chi connectivity index (χ3v) is 4.04. The second-order valence-corrected chi connectivity index (χ2v) is 5.44. The molecule has 1 N–H and O–H groups in total. The van der Waals surface area contributed by atoms with Gasteiger partial charge in [0.25, 0.3) is 0 Å². The second-order valence-electron chi connectivity index (χ2n) is 5.44. The van der Waals surface area contributed by atoms with Crippen molar-refractivity contribution in [1.82, 2.24) is 4.90 Å². The zero-order chi connectivity index (χ0) is 12.7. The lowest BCUT2D eigenvalue weighted by Crippen LogP contribution is -2.36. The van der Waals surface area contributed by atoms with Crippen LogP contribution in [0.15, 0.2) is 0 Å². The topological polar surface area (TPSA) is 40.5 Å². The number of carboxylic acids is 1. The van der Waals surface area contributed by atoms with Crippen molar-refractivity contribution in [3.05, 3.63) is 0 Å². The van der Waals surface area contributed by atoms with E-state index in [0.717, 1.165) is 18.9 Å².